The number of thioether (sulfide) groups is 1. The summed E-state index contributed by atoms with van der Waals surface area (Å²) in [4.78, 5) is 24.8. The first-order valence-electron chi connectivity index (χ1n) is 8.84. The van der Waals surface area contributed by atoms with Gasteiger partial charge in [-0.05, 0) is 62.2 Å². The monoisotopic (exact) mass is 418 g/mol. The van der Waals surface area contributed by atoms with Crippen LogP contribution < -0.4 is 10.6 Å². The fraction of sp³-hybridized carbons (Fsp3) is 0.300. The van der Waals surface area contributed by atoms with E-state index >= 15 is 0 Å². The van der Waals surface area contributed by atoms with Gasteiger partial charge in [0.15, 0.2) is 9.84 Å². The molecule has 0 fully saturated rings. The van der Waals surface area contributed by atoms with E-state index in [4.69, 9.17) is 0 Å². The molecule has 1 aliphatic heterocycles. The minimum Gasteiger partial charge on any atom is -0.326 e. The average Bonchev–Trinajstić information content (AvgIpc) is 2.64. The third-order valence-electron chi connectivity index (χ3n) is 4.71. The van der Waals surface area contributed by atoms with Crippen molar-refractivity contribution in [2.45, 2.75) is 42.2 Å². The summed E-state index contributed by atoms with van der Waals surface area (Å²) in [6.07, 6.45) is -0.159. The lowest BCUT2D eigenvalue weighted by Gasteiger charge is -2.18. The van der Waals surface area contributed by atoms with E-state index in [1.54, 1.807) is 12.1 Å². The molecular weight excluding hydrogens is 396 g/mol. The maximum Gasteiger partial charge on any atom is 0.234 e. The molecule has 2 amide bonds. The molecule has 0 aliphatic carbocycles. The van der Waals surface area contributed by atoms with Crippen LogP contribution in [-0.2, 0) is 19.4 Å². The summed E-state index contributed by atoms with van der Waals surface area (Å²) < 4.78 is 25.8. The molecule has 2 aromatic carbocycles. The van der Waals surface area contributed by atoms with Gasteiger partial charge in [-0.1, -0.05) is 6.07 Å². The molecule has 1 aliphatic rings. The van der Waals surface area contributed by atoms with Gasteiger partial charge in [-0.3, -0.25) is 9.59 Å². The number of hydrogen-bond acceptors (Lipinski definition) is 5. The maximum atomic E-state index is 12.9. The first kappa shape index (κ1) is 20.4. The normalized spacial score (nSPS) is 14.8. The zero-order valence-electron chi connectivity index (χ0n) is 15.9. The Hall–Kier alpha value is -2.32. The molecule has 0 radical (unpaired) electrons. The van der Waals surface area contributed by atoms with Gasteiger partial charge in [-0.15, -0.1) is 11.8 Å². The molecule has 3 rings (SSSR count). The van der Waals surface area contributed by atoms with Crippen LogP contribution in [0.4, 0.5) is 11.4 Å². The van der Waals surface area contributed by atoms with Crippen molar-refractivity contribution in [3.05, 3.63) is 47.5 Å². The van der Waals surface area contributed by atoms with Crippen molar-refractivity contribution in [1.82, 2.24) is 0 Å². The second kappa shape index (κ2) is 7.97. The predicted molar refractivity (Wildman–Crippen MR) is 112 cm³/mol. The molecule has 1 unspecified atom stereocenters. The highest BCUT2D eigenvalue weighted by Gasteiger charge is 2.27. The molecular formula is C20H22N2O4S2. The summed E-state index contributed by atoms with van der Waals surface area (Å²) in [5.41, 5.74) is 3.30. The number of fused-ring (bicyclic) bond motifs is 1. The number of aryl methyl sites for hydroxylation is 2. The van der Waals surface area contributed by atoms with Gasteiger partial charge in [0.25, 0.3) is 0 Å². The number of rotatable bonds is 5. The molecule has 0 aromatic heterocycles. The summed E-state index contributed by atoms with van der Waals surface area (Å²) in [6.45, 7) is 5.45. The van der Waals surface area contributed by atoms with Gasteiger partial charge in [-0.2, -0.15) is 0 Å². The van der Waals surface area contributed by atoms with Crippen molar-refractivity contribution in [2.24, 2.45) is 0 Å². The van der Waals surface area contributed by atoms with E-state index in [0.717, 1.165) is 16.0 Å². The van der Waals surface area contributed by atoms with Crippen LogP contribution in [0.5, 0.6) is 0 Å². The summed E-state index contributed by atoms with van der Waals surface area (Å²) in [6, 6.07) is 10.2. The van der Waals surface area contributed by atoms with E-state index in [0.29, 0.717) is 17.1 Å². The smallest absolute Gasteiger partial charge is 0.234 e. The minimum absolute atomic E-state index is 0.0977. The minimum atomic E-state index is -3.71. The Morgan fingerprint density at radius 1 is 1.18 bits per heavy atom. The van der Waals surface area contributed by atoms with Crippen LogP contribution in [-0.4, -0.2) is 31.2 Å². The maximum absolute atomic E-state index is 12.9. The third kappa shape index (κ3) is 4.39. The van der Waals surface area contributed by atoms with E-state index < -0.39 is 15.1 Å². The van der Waals surface area contributed by atoms with E-state index in [2.05, 4.69) is 10.6 Å². The quantitative estimate of drug-likeness (QED) is 0.775. The van der Waals surface area contributed by atoms with Crippen LogP contribution in [0, 0.1) is 13.8 Å². The number of sulfone groups is 1. The van der Waals surface area contributed by atoms with Crippen LogP contribution in [0.15, 0.2) is 46.2 Å². The number of carbonyl (C=O) groups excluding carboxylic acids is 2. The Balaban J connectivity index is 1.73. The van der Waals surface area contributed by atoms with Crippen molar-refractivity contribution in [2.75, 3.05) is 16.4 Å². The zero-order chi connectivity index (χ0) is 20.5. The van der Waals surface area contributed by atoms with Gasteiger partial charge in [-0.25, -0.2) is 8.42 Å². The summed E-state index contributed by atoms with van der Waals surface area (Å²) in [5.74, 6) is -0.206. The van der Waals surface area contributed by atoms with Gasteiger partial charge in [0.2, 0.25) is 11.8 Å². The van der Waals surface area contributed by atoms with E-state index in [-0.39, 0.29) is 23.1 Å². The highest BCUT2D eigenvalue weighted by Crippen LogP contribution is 2.34. The van der Waals surface area contributed by atoms with Crippen molar-refractivity contribution in [1.29, 1.82) is 0 Å². The molecule has 1 atom stereocenters. The molecule has 1 heterocycles. The Bertz CT molecular complexity index is 1050. The Kier molecular flexibility index (Phi) is 5.81. The molecule has 28 heavy (non-hydrogen) atoms. The lowest BCUT2D eigenvalue weighted by Crippen LogP contribution is -2.25. The molecule has 148 valence electrons. The van der Waals surface area contributed by atoms with Crippen molar-refractivity contribution in [3.8, 4) is 0 Å². The first-order chi connectivity index (χ1) is 13.2. The Morgan fingerprint density at radius 3 is 2.64 bits per heavy atom. The van der Waals surface area contributed by atoms with Crippen LogP contribution in [0.1, 0.15) is 24.5 Å². The van der Waals surface area contributed by atoms with Crippen LogP contribution in [0.25, 0.3) is 0 Å². The van der Waals surface area contributed by atoms with E-state index in [1.165, 1.54) is 30.8 Å². The van der Waals surface area contributed by atoms with Gasteiger partial charge in [0.1, 0.15) is 0 Å². The highest BCUT2D eigenvalue weighted by atomic mass is 32.2. The Morgan fingerprint density at radius 2 is 1.93 bits per heavy atom. The van der Waals surface area contributed by atoms with Crippen LogP contribution in [0.2, 0.25) is 0 Å². The lowest BCUT2D eigenvalue weighted by atomic mass is 10.1. The van der Waals surface area contributed by atoms with Crippen molar-refractivity contribution < 1.29 is 18.0 Å². The number of carbonyl (C=O) groups is 2. The molecule has 2 N–H and O–H groups in total. The number of amides is 2. The lowest BCUT2D eigenvalue weighted by molar-refractivity contribution is -0.116. The van der Waals surface area contributed by atoms with Crippen LogP contribution in [0.3, 0.4) is 0 Å². The molecule has 0 saturated heterocycles. The summed E-state index contributed by atoms with van der Waals surface area (Å²) in [7, 11) is -3.71. The molecule has 6 nitrogen and oxygen atoms in total. The summed E-state index contributed by atoms with van der Waals surface area (Å²) in [5, 5.41) is 4.55. The standard InChI is InChI=1S/C20H22N2O4S2/c1-12-4-5-15(8-13(12)2)21-19(23)9-14(3)28(25,26)16-6-7-18-17(10-16)22-20(24)11-27-18/h4-8,10,14H,9,11H2,1-3H3,(H,21,23)(H,22,24). The SMILES string of the molecule is Cc1ccc(NC(=O)CC(C)S(=O)(=O)c2ccc3c(c2)NC(=O)CS3)cc1C. The van der Waals surface area contributed by atoms with Gasteiger partial charge in [0, 0.05) is 17.0 Å². The third-order valence-corrected chi connectivity index (χ3v) is 7.92. The first-order valence-corrected chi connectivity index (χ1v) is 11.4. The molecule has 8 heteroatoms. The van der Waals surface area contributed by atoms with Gasteiger partial charge < -0.3 is 10.6 Å². The molecule has 2 aromatic rings. The van der Waals surface area contributed by atoms with E-state index in [9.17, 15) is 18.0 Å². The second-order valence-electron chi connectivity index (χ2n) is 6.90. The number of anilines is 2. The topological polar surface area (TPSA) is 92.3 Å². The fourth-order valence-electron chi connectivity index (χ4n) is 2.87. The zero-order valence-corrected chi connectivity index (χ0v) is 17.5. The largest absolute Gasteiger partial charge is 0.326 e. The highest BCUT2D eigenvalue weighted by molar-refractivity contribution is 8.00. The van der Waals surface area contributed by atoms with Crippen molar-refractivity contribution in [3.63, 3.8) is 0 Å². The fourth-order valence-corrected chi connectivity index (χ4v) is 5.04. The van der Waals surface area contributed by atoms with Gasteiger partial charge >= 0.3 is 0 Å². The molecule has 0 saturated carbocycles. The van der Waals surface area contributed by atoms with E-state index in [1.807, 2.05) is 26.0 Å². The number of nitrogens with one attached hydrogen (secondary N) is 2. The van der Waals surface area contributed by atoms with Crippen molar-refractivity contribution >= 4 is 44.8 Å². The van der Waals surface area contributed by atoms with Crippen LogP contribution >= 0.6 is 11.8 Å². The molecule has 0 spiro atoms. The second-order valence-corrected chi connectivity index (χ2v) is 10.3. The van der Waals surface area contributed by atoms with Gasteiger partial charge in [0.05, 0.1) is 21.6 Å². The average molecular weight is 419 g/mol. The Labute approximate surface area is 169 Å². The molecule has 0 bridgehead atoms. The number of benzene rings is 2. The predicted octanol–water partition coefficient (Wildman–Crippen LogP) is 3.54. The summed E-state index contributed by atoms with van der Waals surface area (Å²) >= 11 is 1.37. The number of hydrogen-bond donors (Lipinski definition) is 2.